The van der Waals surface area contributed by atoms with Crippen LogP contribution in [0.4, 0.5) is 10.5 Å². The van der Waals surface area contributed by atoms with Crippen molar-refractivity contribution in [2.75, 3.05) is 38.1 Å². The summed E-state index contributed by atoms with van der Waals surface area (Å²) in [6.45, 7) is 9.06. The number of urea groups is 1. The van der Waals surface area contributed by atoms with E-state index in [-0.39, 0.29) is 6.03 Å². The Morgan fingerprint density at radius 1 is 1.13 bits per heavy atom. The second-order valence-corrected chi connectivity index (χ2v) is 7.60. The number of carbonyl (C=O) groups is 1. The van der Waals surface area contributed by atoms with Crippen molar-refractivity contribution >= 4 is 22.6 Å². The van der Waals surface area contributed by atoms with Gasteiger partial charge in [-0.3, -0.25) is 0 Å². The molecule has 158 valence electrons. The number of ether oxygens (including phenoxy) is 1. The molecule has 2 aromatic carbocycles. The Balaban J connectivity index is 1.42. The summed E-state index contributed by atoms with van der Waals surface area (Å²) in [5, 5.41) is 4.25. The van der Waals surface area contributed by atoms with Gasteiger partial charge in [-0.05, 0) is 31.3 Å². The monoisotopic (exact) mass is 406 g/mol. The minimum absolute atomic E-state index is 0.0919. The van der Waals surface area contributed by atoms with Crippen molar-refractivity contribution in [3.8, 4) is 5.75 Å². The maximum Gasteiger partial charge on any atom is 0.322 e. The van der Waals surface area contributed by atoms with Gasteiger partial charge < -0.3 is 24.8 Å². The van der Waals surface area contributed by atoms with Crippen molar-refractivity contribution in [2.24, 2.45) is 0 Å². The van der Waals surface area contributed by atoms with Crippen LogP contribution >= 0.6 is 0 Å². The Labute approximate surface area is 177 Å². The lowest BCUT2D eigenvalue weighted by atomic mass is 10.0. The molecule has 0 saturated carbocycles. The molecule has 6 nitrogen and oxygen atoms in total. The molecule has 0 fully saturated rings. The number of amides is 2. The van der Waals surface area contributed by atoms with Crippen LogP contribution in [0.15, 0.2) is 48.5 Å². The molecule has 0 unspecified atom stereocenters. The highest BCUT2D eigenvalue weighted by Gasteiger charge is 2.24. The molecule has 0 spiro atoms. The van der Waals surface area contributed by atoms with Crippen LogP contribution in [0, 0.1) is 0 Å². The third kappa shape index (κ3) is 4.28. The quantitative estimate of drug-likeness (QED) is 0.608. The average Bonchev–Trinajstić information content (AvgIpc) is 3.15. The van der Waals surface area contributed by atoms with Crippen LogP contribution in [0.25, 0.3) is 10.9 Å². The molecule has 2 heterocycles. The molecule has 30 heavy (non-hydrogen) atoms. The van der Waals surface area contributed by atoms with Crippen LogP contribution < -0.4 is 10.1 Å². The fourth-order valence-corrected chi connectivity index (χ4v) is 4.05. The van der Waals surface area contributed by atoms with Crippen molar-refractivity contribution in [2.45, 2.75) is 26.8 Å². The molecule has 0 atom stereocenters. The summed E-state index contributed by atoms with van der Waals surface area (Å²) in [5.74, 6) is 0.711. The number of para-hydroxylation sites is 3. The number of nitrogens with one attached hydrogen (secondary N) is 2. The Bertz CT molecular complexity index is 1010. The van der Waals surface area contributed by atoms with Crippen molar-refractivity contribution in [3.05, 3.63) is 59.8 Å². The number of fused-ring (bicyclic) bond motifs is 3. The molecule has 6 heteroatoms. The van der Waals surface area contributed by atoms with E-state index >= 15 is 0 Å². The molecule has 0 saturated heterocycles. The lowest BCUT2D eigenvalue weighted by Crippen LogP contribution is -2.38. The van der Waals surface area contributed by atoms with Crippen LogP contribution in [0.1, 0.15) is 25.1 Å². The lowest BCUT2D eigenvalue weighted by molar-refractivity contribution is 0.206. The highest BCUT2D eigenvalue weighted by Crippen LogP contribution is 2.29. The Hall–Kier alpha value is -2.99. The van der Waals surface area contributed by atoms with Crippen molar-refractivity contribution in [1.82, 2.24) is 14.8 Å². The van der Waals surface area contributed by atoms with Gasteiger partial charge in [0.2, 0.25) is 0 Å². The molecule has 2 N–H and O–H groups in total. The molecular formula is C24H30N4O2. The van der Waals surface area contributed by atoms with E-state index in [9.17, 15) is 4.79 Å². The minimum Gasteiger partial charge on any atom is -0.490 e. The number of anilines is 1. The van der Waals surface area contributed by atoms with Gasteiger partial charge in [-0.25, -0.2) is 4.79 Å². The molecule has 1 aliphatic heterocycles. The van der Waals surface area contributed by atoms with Crippen LogP contribution in [0.5, 0.6) is 5.75 Å². The van der Waals surface area contributed by atoms with E-state index in [1.54, 1.807) is 0 Å². The van der Waals surface area contributed by atoms with Crippen LogP contribution in [-0.4, -0.2) is 53.6 Å². The summed E-state index contributed by atoms with van der Waals surface area (Å²) in [6, 6.07) is 15.8. The summed E-state index contributed by atoms with van der Waals surface area (Å²) in [4.78, 5) is 20.7. The first kappa shape index (κ1) is 20.3. The SMILES string of the molecule is CCN(CC)CCOc1ccccc1NC(=O)N1CCc2[nH]c3ccccc3c2C1. The summed E-state index contributed by atoms with van der Waals surface area (Å²) in [7, 11) is 0. The number of aromatic nitrogens is 1. The maximum absolute atomic E-state index is 13.0. The van der Waals surface area contributed by atoms with Gasteiger partial charge in [-0.2, -0.15) is 0 Å². The largest absolute Gasteiger partial charge is 0.490 e. The summed E-state index contributed by atoms with van der Waals surface area (Å²) >= 11 is 0. The number of hydrogen-bond acceptors (Lipinski definition) is 3. The number of rotatable bonds is 7. The van der Waals surface area contributed by atoms with E-state index in [1.807, 2.05) is 41.3 Å². The van der Waals surface area contributed by atoms with Gasteiger partial charge in [0, 0.05) is 48.2 Å². The van der Waals surface area contributed by atoms with Gasteiger partial charge in [0.25, 0.3) is 0 Å². The van der Waals surface area contributed by atoms with E-state index in [2.05, 4.69) is 41.2 Å². The second kappa shape index (κ2) is 9.22. The Kier molecular flexibility index (Phi) is 6.23. The molecule has 2 amide bonds. The van der Waals surface area contributed by atoms with Crippen molar-refractivity contribution < 1.29 is 9.53 Å². The summed E-state index contributed by atoms with van der Waals surface area (Å²) in [6.07, 6.45) is 0.833. The predicted octanol–water partition coefficient (Wildman–Crippen LogP) is 4.48. The van der Waals surface area contributed by atoms with Crippen molar-refractivity contribution in [1.29, 1.82) is 0 Å². The number of benzene rings is 2. The van der Waals surface area contributed by atoms with Gasteiger partial charge >= 0.3 is 6.03 Å². The van der Waals surface area contributed by atoms with E-state index in [0.29, 0.717) is 31.1 Å². The van der Waals surface area contributed by atoms with Crippen LogP contribution in [0.3, 0.4) is 0 Å². The zero-order valence-corrected chi connectivity index (χ0v) is 17.8. The maximum atomic E-state index is 13.0. The Morgan fingerprint density at radius 3 is 2.73 bits per heavy atom. The molecule has 1 aromatic heterocycles. The first-order valence-corrected chi connectivity index (χ1v) is 10.8. The lowest BCUT2D eigenvalue weighted by Gasteiger charge is -2.28. The second-order valence-electron chi connectivity index (χ2n) is 7.60. The molecule has 0 bridgehead atoms. The highest BCUT2D eigenvalue weighted by molar-refractivity contribution is 5.92. The zero-order valence-electron chi connectivity index (χ0n) is 17.8. The first-order chi connectivity index (χ1) is 14.7. The minimum atomic E-state index is -0.0919. The van der Waals surface area contributed by atoms with E-state index in [1.165, 1.54) is 16.6 Å². The fraction of sp³-hybridized carbons (Fsp3) is 0.375. The Morgan fingerprint density at radius 2 is 1.90 bits per heavy atom. The summed E-state index contributed by atoms with van der Waals surface area (Å²) in [5.41, 5.74) is 4.31. The molecule has 3 aromatic rings. The van der Waals surface area contributed by atoms with Gasteiger partial charge in [0.15, 0.2) is 0 Å². The molecule has 1 aliphatic rings. The van der Waals surface area contributed by atoms with Gasteiger partial charge in [0.05, 0.1) is 5.69 Å². The van der Waals surface area contributed by atoms with Crippen molar-refractivity contribution in [3.63, 3.8) is 0 Å². The molecule has 4 rings (SSSR count). The standard InChI is InChI=1S/C24H30N4O2/c1-3-27(4-2)15-16-30-23-12-8-7-11-22(23)26-24(29)28-14-13-21-19(17-28)18-9-5-6-10-20(18)25-21/h5-12,25H,3-4,13-17H2,1-2H3,(H,26,29). The summed E-state index contributed by atoms with van der Waals surface area (Å²) < 4.78 is 5.98. The van der Waals surface area contributed by atoms with E-state index in [0.717, 1.165) is 31.6 Å². The smallest absolute Gasteiger partial charge is 0.322 e. The van der Waals surface area contributed by atoms with E-state index < -0.39 is 0 Å². The first-order valence-electron chi connectivity index (χ1n) is 10.8. The van der Waals surface area contributed by atoms with Gasteiger partial charge in [-0.15, -0.1) is 0 Å². The number of nitrogens with zero attached hydrogens (tertiary/aromatic N) is 2. The molecular weight excluding hydrogens is 376 g/mol. The zero-order chi connectivity index (χ0) is 20.9. The predicted molar refractivity (Wildman–Crippen MR) is 121 cm³/mol. The molecule has 0 radical (unpaired) electrons. The third-order valence-electron chi connectivity index (χ3n) is 5.86. The third-order valence-corrected chi connectivity index (χ3v) is 5.86. The van der Waals surface area contributed by atoms with E-state index in [4.69, 9.17) is 4.74 Å². The topological polar surface area (TPSA) is 60.6 Å². The number of H-pyrrole nitrogens is 1. The highest BCUT2D eigenvalue weighted by atomic mass is 16.5. The fourth-order valence-electron chi connectivity index (χ4n) is 4.05. The molecule has 0 aliphatic carbocycles. The van der Waals surface area contributed by atoms with Gasteiger partial charge in [-0.1, -0.05) is 44.2 Å². The van der Waals surface area contributed by atoms with Gasteiger partial charge in [0.1, 0.15) is 12.4 Å². The van der Waals surface area contributed by atoms with Crippen LogP contribution in [0.2, 0.25) is 0 Å². The normalized spacial score (nSPS) is 13.5. The van der Waals surface area contributed by atoms with Crippen LogP contribution in [-0.2, 0) is 13.0 Å². The number of likely N-dealkylation sites (N-methyl/N-ethyl adjacent to an activating group) is 1. The number of hydrogen-bond donors (Lipinski definition) is 2. The number of aromatic amines is 1. The number of carbonyl (C=O) groups excluding carboxylic acids is 1. The average molecular weight is 407 g/mol.